The number of hydrogen-bond acceptors (Lipinski definition) is 3. The SMILES string of the molecule is COc1ccccc1NC(=S)N[C@@H](C)[C@@H](c1ccccc1)[NH+]1CCOCC1. The van der Waals surface area contributed by atoms with E-state index in [4.69, 9.17) is 21.7 Å². The van der Waals surface area contributed by atoms with Crippen LogP contribution in [0.2, 0.25) is 0 Å². The summed E-state index contributed by atoms with van der Waals surface area (Å²) in [7, 11) is 1.66. The molecule has 1 aliphatic heterocycles. The summed E-state index contributed by atoms with van der Waals surface area (Å²) in [6, 6.07) is 18.9. The first-order chi connectivity index (χ1) is 13.2. The van der Waals surface area contributed by atoms with Gasteiger partial charge in [-0.3, -0.25) is 0 Å². The Morgan fingerprint density at radius 3 is 2.44 bits per heavy atom. The van der Waals surface area contributed by atoms with Crippen LogP contribution in [-0.2, 0) is 4.74 Å². The van der Waals surface area contributed by atoms with Gasteiger partial charge in [-0.05, 0) is 31.3 Å². The molecule has 0 aliphatic carbocycles. The molecule has 2 aromatic rings. The highest BCUT2D eigenvalue weighted by Gasteiger charge is 2.31. The van der Waals surface area contributed by atoms with E-state index in [1.54, 1.807) is 7.11 Å². The van der Waals surface area contributed by atoms with E-state index in [0.717, 1.165) is 37.7 Å². The van der Waals surface area contributed by atoms with Crippen molar-refractivity contribution in [2.75, 3.05) is 38.7 Å². The third-order valence-electron chi connectivity index (χ3n) is 4.95. The smallest absolute Gasteiger partial charge is 0.171 e. The van der Waals surface area contributed by atoms with E-state index in [1.165, 1.54) is 10.5 Å². The lowest BCUT2D eigenvalue weighted by molar-refractivity contribution is -0.940. The molecule has 0 aromatic heterocycles. The molecule has 1 fully saturated rings. The molecule has 1 heterocycles. The zero-order valence-corrected chi connectivity index (χ0v) is 16.7. The number of hydrogen-bond donors (Lipinski definition) is 3. The van der Waals surface area contributed by atoms with Crippen molar-refractivity contribution in [1.29, 1.82) is 0 Å². The summed E-state index contributed by atoms with van der Waals surface area (Å²) in [4.78, 5) is 1.52. The standard InChI is InChI=1S/C21H27N3O2S/c1-16(22-21(27)23-18-10-6-7-11-19(18)25-2)20(17-8-4-3-5-9-17)24-12-14-26-15-13-24/h3-11,16,20H,12-15H2,1-2H3,(H2,22,23,27)/p+1/t16-,20-/m0/s1. The van der Waals surface area contributed by atoms with Crippen LogP contribution in [0.3, 0.4) is 0 Å². The zero-order valence-electron chi connectivity index (χ0n) is 15.9. The Morgan fingerprint density at radius 1 is 1.07 bits per heavy atom. The molecule has 0 radical (unpaired) electrons. The van der Waals surface area contributed by atoms with E-state index in [-0.39, 0.29) is 6.04 Å². The van der Waals surface area contributed by atoms with Crippen LogP contribution in [0.25, 0.3) is 0 Å². The van der Waals surface area contributed by atoms with E-state index in [0.29, 0.717) is 11.2 Å². The first-order valence-corrected chi connectivity index (χ1v) is 9.77. The van der Waals surface area contributed by atoms with Crippen LogP contribution in [0, 0.1) is 0 Å². The molecule has 3 N–H and O–H groups in total. The normalized spacial score (nSPS) is 17.0. The fourth-order valence-corrected chi connectivity index (χ4v) is 3.98. The van der Waals surface area contributed by atoms with Crippen molar-refractivity contribution in [3.8, 4) is 5.75 Å². The van der Waals surface area contributed by atoms with Gasteiger partial charge < -0.3 is 25.0 Å². The van der Waals surface area contributed by atoms with Gasteiger partial charge in [-0.2, -0.15) is 0 Å². The third-order valence-corrected chi connectivity index (χ3v) is 5.17. The average molecular weight is 387 g/mol. The summed E-state index contributed by atoms with van der Waals surface area (Å²) in [5.41, 5.74) is 2.18. The van der Waals surface area contributed by atoms with Gasteiger partial charge in [-0.15, -0.1) is 0 Å². The number of thiocarbonyl (C=S) groups is 1. The highest BCUT2D eigenvalue weighted by Crippen LogP contribution is 2.23. The van der Waals surface area contributed by atoms with Crippen molar-refractivity contribution < 1.29 is 14.4 Å². The minimum atomic E-state index is 0.162. The third kappa shape index (κ3) is 5.19. The second kappa shape index (κ2) is 9.69. The van der Waals surface area contributed by atoms with Crippen LogP contribution in [0.5, 0.6) is 5.75 Å². The molecular weight excluding hydrogens is 358 g/mol. The summed E-state index contributed by atoms with van der Waals surface area (Å²) in [6.45, 7) is 5.79. The van der Waals surface area contributed by atoms with Gasteiger partial charge in [0.15, 0.2) is 5.11 Å². The van der Waals surface area contributed by atoms with Crippen molar-refractivity contribution >= 4 is 23.0 Å². The van der Waals surface area contributed by atoms with Gasteiger partial charge in [0, 0.05) is 5.56 Å². The van der Waals surface area contributed by atoms with Gasteiger partial charge in [-0.25, -0.2) is 0 Å². The van der Waals surface area contributed by atoms with E-state index >= 15 is 0 Å². The first-order valence-electron chi connectivity index (χ1n) is 9.37. The maximum Gasteiger partial charge on any atom is 0.171 e. The van der Waals surface area contributed by atoms with Crippen LogP contribution in [0.4, 0.5) is 5.69 Å². The van der Waals surface area contributed by atoms with E-state index in [9.17, 15) is 0 Å². The largest absolute Gasteiger partial charge is 0.495 e. The number of rotatable bonds is 6. The second-order valence-electron chi connectivity index (χ2n) is 6.75. The topological polar surface area (TPSA) is 47.0 Å². The maximum absolute atomic E-state index is 5.58. The molecular formula is C21H28N3O2S+. The molecule has 0 saturated carbocycles. The molecule has 2 aromatic carbocycles. The Labute approximate surface area is 166 Å². The number of benzene rings is 2. The van der Waals surface area contributed by atoms with E-state index in [1.807, 2.05) is 24.3 Å². The average Bonchev–Trinajstić information content (AvgIpc) is 2.70. The lowest BCUT2D eigenvalue weighted by Gasteiger charge is -2.35. The monoisotopic (exact) mass is 386 g/mol. The van der Waals surface area contributed by atoms with Crippen LogP contribution < -0.4 is 20.3 Å². The van der Waals surface area contributed by atoms with E-state index < -0.39 is 0 Å². The van der Waals surface area contributed by atoms with Crippen LogP contribution >= 0.6 is 12.2 Å². The van der Waals surface area contributed by atoms with Gasteiger partial charge in [0.1, 0.15) is 24.9 Å². The maximum atomic E-state index is 5.58. The predicted octanol–water partition coefficient (Wildman–Crippen LogP) is 2.03. The summed E-state index contributed by atoms with van der Waals surface area (Å²) < 4.78 is 11.0. The Bertz CT molecular complexity index is 735. The molecule has 1 aliphatic rings. The van der Waals surface area contributed by atoms with Crippen molar-refractivity contribution in [1.82, 2.24) is 5.32 Å². The highest BCUT2D eigenvalue weighted by atomic mass is 32.1. The fraction of sp³-hybridized carbons (Fsp3) is 0.381. The molecule has 6 heteroatoms. The summed E-state index contributed by atoms with van der Waals surface area (Å²) in [5.74, 6) is 0.771. The second-order valence-corrected chi connectivity index (χ2v) is 7.15. The molecule has 0 unspecified atom stereocenters. The van der Waals surface area contributed by atoms with Gasteiger partial charge in [0.05, 0.1) is 32.1 Å². The molecule has 0 amide bonds. The van der Waals surface area contributed by atoms with Crippen LogP contribution in [-0.4, -0.2) is 44.6 Å². The molecule has 1 saturated heterocycles. The van der Waals surface area contributed by atoms with Crippen molar-refractivity contribution in [2.24, 2.45) is 0 Å². The minimum absolute atomic E-state index is 0.162. The van der Waals surface area contributed by atoms with Gasteiger partial charge in [0.25, 0.3) is 0 Å². The van der Waals surface area contributed by atoms with Crippen LogP contribution in [0.15, 0.2) is 54.6 Å². The number of ether oxygens (including phenoxy) is 2. The van der Waals surface area contributed by atoms with E-state index in [2.05, 4.69) is 47.9 Å². The fourth-order valence-electron chi connectivity index (χ4n) is 3.68. The Kier molecular flexibility index (Phi) is 7.04. The van der Waals surface area contributed by atoms with Crippen molar-refractivity contribution in [2.45, 2.75) is 19.0 Å². The molecule has 0 bridgehead atoms. The quantitative estimate of drug-likeness (QED) is 0.663. The summed E-state index contributed by atoms with van der Waals surface area (Å²) in [5, 5.41) is 7.34. The zero-order chi connectivity index (χ0) is 19.1. The van der Waals surface area contributed by atoms with Gasteiger partial charge in [0.2, 0.25) is 0 Å². The van der Waals surface area contributed by atoms with Gasteiger partial charge in [-0.1, -0.05) is 42.5 Å². The number of morpholine rings is 1. The van der Waals surface area contributed by atoms with Crippen molar-refractivity contribution in [3.05, 3.63) is 60.2 Å². The summed E-state index contributed by atoms with van der Waals surface area (Å²) >= 11 is 5.58. The minimum Gasteiger partial charge on any atom is -0.495 e. The van der Waals surface area contributed by atoms with Gasteiger partial charge >= 0.3 is 0 Å². The lowest BCUT2D eigenvalue weighted by Crippen LogP contribution is -3.15. The number of para-hydroxylation sites is 2. The number of nitrogens with one attached hydrogen (secondary N) is 3. The Morgan fingerprint density at radius 2 is 1.74 bits per heavy atom. The first kappa shape index (κ1) is 19.6. The number of quaternary nitrogens is 1. The molecule has 5 nitrogen and oxygen atoms in total. The molecule has 27 heavy (non-hydrogen) atoms. The molecule has 2 atom stereocenters. The van der Waals surface area contributed by atoms with Crippen molar-refractivity contribution in [3.63, 3.8) is 0 Å². The lowest BCUT2D eigenvalue weighted by atomic mass is 9.98. The molecule has 144 valence electrons. The number of methoxy groups -OCH3 is 1. The Hall–Kier alpha value is -2.15. The molecule has 3 rings (SSSR count). The predicted molar refractivity (Wildman–Crippen MR) is 113 cm³/mol. The highest BCUT2D eigenvalue weighted by molar-refractivity contribution is 7.80. The summed E-state index contributed by atoms with van der Waals surface area (Å²) in [6.07, 6.45) is 0. The Balaban J connectivity index is 1.71. The molecule has 0 spiro atoms. The number of anilines is 1. The van der Waals surface area contributed by atoms with Crippen LogP contribution in [0.1, 0.15) is 18.5 Å².